The molecular weight excluding hydrogens is 390 g/mol. The first-order valence-electron chi connectivity index (χ1n) is 10.3. The van der Waals surface area contributed by atoms with Crippen LogP contribution in [0.5, 0.6) is 0 Å². The topological polar surface area (TPSA) is 76.4 Å². The lowest BCUT2D eigenvalue weighted by atomic mass is 9.75. The van der Waals surface area contributed by atoms with Crippen molar-refractivity contribution in [2.24, 2.45) is 5.41 Å². The van der Waals surface area contributed by atoms with Gasteiger partial charge in [0.15, 0.2) is 5.78 Å². The predicted octanol–water partition coefficient (Wildman–Crippen LogP) is 5.33. The summed E-state index contributed by atoms with van der Waals surface area (Å²) in [5, 5.41) is 9.02. The molecule has 0 radical (unpaired) electrons. The van der Waals surface area contributed by atoms with Gasteiger partial charge in [-0.05, 0) is 11.8 Å². The fourth-order valence-corrected chi connectivity index (χ4v) is 4.16. The number of nitrogens with zero attached hydrogens (tertiary/aromatic N) is 1. The summed E-state index contributed by atoms with van der Waals surface area (Å²) >= 11 is 0. The molecule has 0 spiro atoms. The molecule has 5 heteroatoms. The Balaban J connectivity index is 2.06. The molecule has 1 unspecified atom stereocenters. The molecule has 0 aromatic heterocycles. The van der Waals surface area contributed by atoms with E-state index < -0.39 is 11.6 Å². The van der Waals surface area contributed by atoms with E-state index in [-0.39, 0.29) is 17.6 Å². The minimum atomic E-state index is -1.32. The number of benzene rings is 2. The lowest BCUT2D eigenvalue weighted by Gasteiger charge is -2.35. The van der Waals surface area contributed by atoms with Crippen LogP contribution in [-0.4, -0.2) is 24.5 Å². The van der Waals surface area contributed by atoms with E-state index in [2.05, 4.69) is 6.07 Å². The summed E-state index contributed by atoms with van der Waals surface area (Å²) in [6.45, 7) is 4.00. The lowest BCUT2D eigenvalue weighted by molar-refractivity contribution is -0.163. The summed E-state index contributed by atoms with van der Waals surface area (Å²) in [6, 6.07) is 20.5. The van der Waals surface area contributed by atoms with E-state index in [1.165, 1.54) is 7.11 Å². The largest absolute Gasteiger partial charge is 0.474 e. The third-order valence-electron chi connectivity index (χ3n) is 5.61. The van der Waals surface area contributed by atoms with Crippen molar-refractivity contribution < 1.29 is 19.1 Å². The molecule has 1 aliphatic rings. The number of Topliss-reactive ketones (excluding diaryl/α,β-unsaturated/α-hetero) is 1. The Kier molecular flexibility index (Phi) is 6.60. The third kappa shape index (κ3) is 4.86. The Labute approximate surface area is 183 Å². The molecule has 0 amide bonds. The van der Waals surface area contributed by atoms with Gasteiger partial charge >= 0.3 is 5.97 Å². The second-order valence-corrected chi connectivity index (χ2v) is 8.63. The minimum absolute atomic E-state index is 0.119. The Hall–Kier alpha value is -3.39. The molecule has 0 fully saturated rings. The second-order valence-electron chi connectivity index (χ2n) is 8.63. The molecule has 0 saturated heterocycles. The van der Waals surface area contributed by atoms with Crippen LogP contribution in [0.2, 0.25) is 0 Å². The molecule has 160 valence electrons. The number of methoxy groups -OCH3 is 1. The normalized spacial score (nSPS) is 18.3. The maximum absolute atomic E-state index is 13.4. The molecule has 1 atom stereocenters. The fraction of sp³-hybridized carbons (Fsp3) is 0.346. The van der Waals surface area contributed by atoms with Gasteiger partial charge in [-0.15, -0.1) is 0 Å². The highest BCUT2D eigenvalue weighted by Crippen LogP contribution is 2.47. The van der Waals surface area contributed by atoms with Crippen LogP contribution in [0.1, 0.15) is 55.5 Å². The number of ketones is 1. The average molecular weight is 418 g/mol. The van der Waals surface area contributed by atoms with Crippen molar-refractivity contribution in [2.75, 3.05) is 7.11 Å². The highest BCUT2D eigenvalue weighted by molar-refractivity contribution is 6.14. The van der Waals surface area contributed by atoms with Crippen LogP contribution in [0.15, 0.2) is 66.2 Å². The van der Waals surface area contributed by atoms with Gasteiger partial charge in [0.05, 0.1) is 13.2 Å². The molecule has 2 aromatic carbocycles. The predicted molar refractivity (Wildman–Crippen MR) is 118 cm³/mol. The number of esters is 1. The zero-order chi connectivity index (χ0) is 22.5. The van der Waals surface area contributed by atoms with Crippen LogP contribution >= 0.6 is 0 Å². The number of carbonyl (C=O) groups excluding carboxylic acids is 2. The van der Waals surface area contributed by atoms with Gasteiger partial charge in [0.2, 0.25) is 5.60 Å². The summed E-state index contributed by atoms with van der Waals surface area (Å²) in [7, 11) is 1.33. The molecule has 0 N–H and O–H groups in total. The van der Waals surface area contributed by atoms with E-state index in [1.807, 2.05) is 62.4 Å². The maximum Gasteiger partial charge on any atom is 0.350 e. The lowest BCUT2D eigenvalue weighted by Crippen LogP contribution is -2.43. The van der Waals surface area contributed by atoms with Crippen LogP contribution in [0.4, 0.5) is 0 Å². The standard InChI is InChI=1S/C26H27NO4/c1-25(2,15-10-16-27)18-26(24(29)30-3)17-21(22(28)19-11-6-4-7-12-19)23(31-26)20-13-8-5-9-14-20/h4-9,11-14H,10,15,17-18H2,1-3H3. The van der Waals surface area contributed by atoms with Gasteiger partial charge in [-0.25, -0.2) is 4.79 Å². The monoisotopic (exact) mass is 417 g/mol. The van der Waals surface area contributed by atoms with E-state index in [0.29, 0.717) is 36.2 Å². The van der Waals surface area contributed by atoms with Gasteiger partial charge in [-0.3, -0.25) is 4.79 Å². The van der Waals surface area contributed by atoms with E-state index in [0.717, 1.165) is 5.56 Å². The Morgan fingerprint density at radius 3 is 2.29 bits per heavy atom. The molecule has 5 nitrogen and oxygen atoms in total. The highest BCUT2D eigenvalue weighted by atomic mass is 16.6. The number of nitriles is 1. The number of hydrogen-bond donors (Lipinski definition) is 0. The van der Waals surface area contributed by atoms with E-state index in [4.69, 9.17) is 14.7 Å². The first-order chi connectivity index (χ1) is 14.8. The molecule has 1 aliphatic heterocycles. The SMILES string of the molecule is COC(=O)C1(CC(C)(C)CCC#N)CC(C(=O)c2ccccc2)=C(c2ccccc2)O1. The zero-order valence-electron chi connectivity index (χ0n) is 18.2. The average Bonchev–Trinajstić information content (AvgIpc) is 3.17. The first-order valence-corrected chi connectivity index (χ1v) is 10.3. The quantitative estimate of drug-likeness (QED) is 0.428. The smallest absolute Gasteiger partial charge is 0.350 e. The van der Waals surface area contributed by atoms with Gasteiger partial charge in [-0.1, -0.05) is 74.5 Å². The number of rotatable bonds is 8. The Morgan fingerprint density at radius 2 is 1.71 bits per heavy atom. The van der Waals surface area contributed by atoms with Crippen molar-refractivity contribution in [1.29, 1.82) is 5.26 Å². The van der Waals surface area contributed by atoms with Crippen LogP contribution in [0, 0.1) is 16.7 Å². The minimum Gasteiger partial charge on any atom is -0.474 e. The molecule has 31 heavy (non-hydrogen) atoms. The Bertz CT molecular complexity index is 1020. The van der Waals surface area contributed by atoms with Crippen molar-refractivity contribution in [2.45, 2.75) is 45.1 Å². The number of hydrogen-bond acceptors (Lipinski definition) is 5. The molecular formula is C26H27NO4. The summed E-state index contributed by atoms with van der Waals surface area (Å²) in [5.74, 6) is -0.266. The summed E-state index contributed by atoms with van der Waals surface area (Å²) < 4.78 is 11.5. The molecule has 0 aliphatic carbocycles. The summed E-state index contributed by atoms with van der Waals surface area (Å²) in [6.07, 6.45) is 1.43. The molecule has 2 aromatic rings. The Morgan fingerprint density at radius 1 is 1.10 bits per heavy atom. The summed E-state index contributed by atoms with van der Waals surface area (Å²) in [4.78, 5) is 26.5. The second kappa shape index (κ2) is 9.18. The maximum atomic E-state index is 13.4. The molecule has 3 rings (SSSR count). The van der Waals surface area contributed by atoms with Crippen LogP contribution in [-0.2, 0) is 14.3 Å². The number of carbonyl (C=O) groups is 2. The van der Waals surface area contributed by atoms with Crippen LogP contribution in [0.25, 0.3) is 5.76 Å². The van der Waals surface area contributed by atoms with Gasteiger partial charge in [-0.2, -0.15) is 5.26 Å². The van der Waals surface area contributed by atoms with Gasteiger partial charge in [0, 0.05) is 36.0 Å². The fourth-order valence-electron chi connectivity index (χ4n) is 4.16. The van der Waals surface area contributed by atoms with Crippen molar-refractivity contribution in [3.8, 4) is 6.07 Å². The van der Waals surface area contributed by atoms with Crippen molar-refractivity contribution >= 4 is 17.5 Å². The summed E-state index contributed by atoms with van der Waals surface area (Å²) in [5.41, 5.74) is 0.0514. The molecule has 0 saturated carbocycles. The van der Waals surface area contributed by atoms with Crippen molar-refractivity contribution in [3.63, 3.8) is 0 Å². The van der Waals surface area contributed by atoms with Gasteiger partial charge in [0.25, 0.3) is 0 Å². The van der Waals surface area contributed by atoms with Crippen LogP contribution in [0.3, 0.4) is 0 Å². The van der Waals surface area contributed by atoms with Gasteiger partial charge in [0.1, 0.15) is 5.76 Å². The highest BCUT2D eigenvalue weighted by Gasteiger charge is 2.52. The van der Waals surface area contributed by atoms with Crippen molar-refractivity contribution in [1.82, 2.24) is 0 Å². The van der Waals surface area contributed by atoms with E-state index >= 15 is 0 Å². The third-order valence-corrected chi connectivity index (χ3v) is 5.61. The van der Waals surface area contributed by atoms with E-state index in [1.54, 1.807) is 12.1 Å². The zero-order valence-corrected chi connectivity index (χ0v) is 18.2. The number of ether oxygens (including phenoxy) is 2. The van der Waals surface area contributed by atoms with Gasteiger partial charge < -0.3 is 9.47 Å². The first kappa shape index (κ1) is 22.3. The van der Waals surface area contributed by atoms with E-state index in [9.17, 15) is 9.59 Å². The molecule has 1 heterocycles. The van der Waals surface area contributed by atoms with Crippen LogP contribution < -0.4 is 0 Å². The van der Waals surface area contributed by atoms with Crippen molar-refractivity contribution in [3.05, 3.63) is 77.4 Å². The molecule has 0 bridgehead atoms.